The minimum Gasteiger partial charge on any atom is -0.480 e. The number of carbonyl (C=O) groups is 2. The van der Waals surface area contributed by atoms with Crippen LogP contribution in [0.2, 0.25) is 0 Å². The quantitative estimate of drug-likeness (QED) is 0.853. The molecule has 1 N–H and O–H groups in total. The van der Waals surface area contributed by atoms with Crippen LogP contribution in [0.5, 0.6) is 0 Å². The number of rotatable bonds is 3. The van der Waals surface area contributed by atoms with Crippen LogP contribution in [0.3, 0.4) is 0 Å². The molecule has 2 atom stereocenters. The summed E-state index contributed by atoms with van der Waals surface area (Å²) in [5.74, 6) is -0.972. The number of ether oxygens (including phenoxy) is 1. The average molecular weight is 284 g/mol. The van der Waals surface area contributed by atoms with E-state index >= 15 is 0 Å². The maximum atomic E-state index is 12.7. The first-order valence-electron chi connectivity index (χ1n) is 7.41. The summed E-state index contributed by atoms with van der Waals surface area (Å²) in [7, 11) is 0. The third-order valence-electron chi connectivity index (χ3n) is 4.15. The molecule has 2 aliphatic rings. The van der Waals surface area contributed by atoms with Crippen molar-refractivity contribution in [2.45, 2.75) is 57.7 Å². The van der Waals surface area contributed by atoms with E-state index in [1.54, 1.807) is 0 Å². The highest BCUT2D eigenvalue weighted by molar-refractivity contribution is 5.80. The number of fused-ring (bicyclic) bond motifs is 1. The van der Waals surface area contributed by atoms with Gasteiger partial charge in [-0.2, -0.15) is 0 Å². The van der Waals surface area contributed by atoms with Crippen molar-refractivity contribution in [3.05, 3.63) is 0 Å². The summed E-state index contributed by atoms with van der Waals surface area (Å²) in [6, 6.07) is -0.175. The molecule has 0 aromatic heterocycles. The van der Waals surface area contributed by atoms with Crippen molar-refractivity contribution < 1.29 is 19.4 Å². The molecule has 1 saturated heterocycles. The van der Waals surface area contributed by atoms with E-state index in [0.717, 1.165) is 25.7 Å². The summed E-state index contributed by atoms with van der Waals surface area (Å²) >= 11 is 0. The fourth-order valence-corrected chi connectivity index (χ4v) is 3.12. The number of carboxylic acid groups (broad SMARTS) is 1. The van der Waals surface area contributed by atoms with Crippen molar-refractivity contribution in [3.63, 3.8) is 0 Å². The first-order chi connectivity index (χ1) is 9.50. The van der Waals surface area contributed by atoms with Gasteiger partial charge < -0.3 is 19.6 Å². The van der Waals surface area contributed by atoms with Gasteiger partial charge in [-0.05, 0) is 26.7 Å². The van der Waals surface area contributed by atoms with Gasteiger partial charge in [0.2, 0.25) is 0 Å². The zero-order chi connectivity index (χ0) is 14.7. The monoisotopic (exact) mass is 284 g/mol. The second-order valence-corrected chi connectivity index (χ2v) is 5.85. The van der Waals surface area contributed by atoms with Crippen molar-refractivity contribution in [3.8, 4) is 0 Å². The average Bonchev–Trinajstić information content (AvgIpc) is 2.43. The highest BCUT2D eigenvalue weighted by atomic mass is 16.5. The first kappa shape index (κ1) is 15.1. The number of nitrogens with zero attached hydrogens (tertiary/aromatic N) is 2. The predicted molar refractivity (Wildman–Crippen MR) is 73.6 cm³/mol. The molecule has 0 spiro atoms. The third kappa shape index (κ3) is 3.23. The molecule has 6 heteroatoms. The fourth-order valence-electron chi connectivity index (χ4n) is 3.12. The number of carboxylic acids is 1. The number of aliphatic carboxylic acids is 1. The molecule has 0 bridgehead atoms. The minimum atomic E-state index is -0.972. The van der Waals surface area contributed by atoms with E-state index in [1.165, 1.54) is 4.90 Å². The summed E-state index contributed by atoms with van der Waals surface area (Å²) < 4.78 is 5.75. The van der Waals surface area contributed by atoms with E-state index in [4.69, 9.17) is 9.84 Å². The molecule has 0 radical (unpaired) electrons. The lowest BCUT2D eigenvalue weighted by Gasteiger charge is -2.45. The second kappa shape index (κ2) is 6.43. The Morgan fingerprint density at radius 3 is 2.70 bits per heavy atom. The largest absolute Gasteiger partial charge is 0.480 e. The lowest BCUT2D eigenvalue weighted by molar-refractivity contribution is -0.138. The van der Waals surface area contributed by atoms with Crippen molar-refractivity contribution >= 4 is 12.0 Å². The zero-order valence-corrected chi connectivity index (χ0v) is 12.2. The Bertz CT molecular complexity index is 370. The molecule has 1 aliphatic heterocycles. The van der Waals surface area contributed by atoms with Crippen molar-refractivity contribution in [2.24, 2.45) is 0 Å². The maximum absolute atomic E-state index is 12.7. The Kier molecular flexibility index (Phi) is 4.86. The van der Waals surface area contributed by atoms with Crippen LogP contribution in [0, 0.1) is 0 Å². The summed E-state index contributed by atoms with van der Waals surface area (Å²) in [6.07, 6.45) is 4.33. The second-order valence-electron chi connectivity index (χ2n) is 5.85. The maximum Gasteiger partial charge on any atom is 0.323 e. The summed E-state index contributed by atoms with van der Waals surface area (Å²) in [6.45, 7) is 4.55. The van der Waals surface area contributed by atoms with Gasteiger partial charge in [-0.1, -0.05) is 12.8 Å². The summed E-state index contributed by atoms with van der Waals surface area (Å²) in [5, 5.41) is 8.98. The van der Waals surface area contributed by atoms with Crippen LogP contribution in [0.15, 0.2) is 0 Å². The van der Waals surface area contributed by atoms with Gasteiger partial charge in [0.25, 0.3) is 0 Å². The molecule has 0 aromatic rings. The number of urea groups is 1. The van der Waals surface area contributed by atoms with Gasteiger partial charge in [0.05, 0.1) is 18.8 Å². The van der Waals surface area contributed by atoms with Gasteiger partial charge in [0.1, 0.15) is 6.54 Å². The van der Waals surface area contributed by atoms with E-state index in [-0.39, 0.29) is 30.8 Å². The normalized spacial score (nSPS) is 26.2. The topological polar surface area (TPSA) is 70.1 Å². The van der Waals surface area contributed by atoms with Crippen LogP contribution in [-0.2, 0) is 9.53 Å². The van der Waals surface area contributed by atoms with Crippen molar-refractivity contribution in [1.82, 2.24) is 9.80 Å². The van der Waals surface area contributed by atoms with E-state index < -0.39 is 5.97 Å². The van der Waals surface area contributed by atoms with Crippen LogP contribution in [0.25, 0.3) is 0 Å². The van der Waals surface area contributed by atoms with E-state index in [9.17, 15) is 9.59 Å². The Morgan fingerprint density at radius 1 is 1.35 bits per heavy atom. The van der Waals surface area contributed by atoms with E-state index in [1.807, 2.05) is 18.7 Å². The van der Waals surface area contributed by atoms with Gasteiger partial charge >= 0.3 is 12.0 Å². The molecule has 2 rings (SSSR count). The molecule has 6 nitrogen and oxygen atoms in total. The molecule has 2 fully saturated rings. The molecule has 2 amide bonds. The Balaban J connectivity index is 2.10. The van der Waals surface area contributed by atoms with E-state index in [0.29, 0.717) is 13.2 Å². The van der Waals surface area contributed by atoms with Gasteiger partial charge in [0.15, 0.2) is 0 Å². The number of morpholine rings is 1. The van der Waals surface area contributed by atoms with Gasteiger partial charge in [-0.15, -0.1) is 0 Å². The van der Waals surface area contributed by atoms with Crippen molar-refractivity contribution in [2.75, 3.05) is 19.7 Å². The molecule has 2 unspecified atom stereocenters. The van der Waals surface area contributed by atoms with Crippen LogP contribution in [0.4, 0.5) is 4.79 Å². The zero-order valence-electron chi connectivity index (χ0n) is 12.2. The fraction of sp³-hybridized carbons (Fsp3) is 0.857. The molecule has 1 heterocycles. The number of carbonyl (C=O) groups excluding carboxylic acids is 1. The van der Waals surface area contributed by atoms with Gasteiger partial charge in [0, 0.05) is 12.6 Å². The summed E-state index contributed by atoms with van der Waals surface area (Å²) in [4.78, 5) is 26.9. The number of hydrogen-bond donors (Lipinski definition) is 1. The van der Waals surface area contributed by atoms with Crippen LogP contribution in [0.1, 0.15) is 39.5 Å². The Labute approximate surface area is 119 Å². The number of amides is 2. The van der Waals surface area contributed by atoms with Crippen LogP contribution < -0.4 is 0 Å². The highest BCUT2D eigenvalue weighted by Crippen LogP contribution is 2.29. The minimum absolute atomic E-state index is 0.111. The predicted octanol–water partition coefficient (Wildman–Crippen LogP) is 1.54. The smallest absolute Gasteiger partial charge is 0.323 e. The van der Waals surface area contributed by atoms with Gasteiger partial charge in [-0.25, -0.2) is 4.79 Å². The molecular weight excluding hydrogens is 260 g/mol. The lowest BCUT2D eigenvalue weighted by Crippen LogP contribution is -2.59. The molecule has 20 heavy (non-hydrogen) atoms. The molecule has 0 aromatic carbocycles. The first-order valence-corrected chi connectivity index (χ1v) is 7.41. The van der Waals surface area contributed by atoms with Gasteiger partial charge in [-0.3, -0.25) is 4.79 Å². The van der Waals surface area contributed by atoms with Crippen LogP contribution >= 0.6 is 0 Å². The Morgan fingerprint density at radius 2 is 2.05 bits per heavy atom. The SMILES string of the molecule is CC(C)N(CC(=O)O)C(=O)N1CCOC2CCCCC21. The Hall–Kier alpha value is -1.30. The molecule has 1 saturated carbocycles. The standard InChI is InChI=1S/C14H24N2O4/c1-10(2)16(9-13(17)18)14(19)15-7-8-20-12-6-4-3-5-11(12)15/h10-12H,3-9H2,1-2H3,(H,17,18). The number of hydrogen-bond acceptors (Lipinski definition) is 3. The van der Waals surface area contributed by atoms with Crippen LogP contribution in [-0.4, -0.2) is 64.8 Å². The molecular formula is C14H24N2O4. The lowest BCUT2D eigenvalue weighted by atomic mass is 9.90. The van der Waals surface area contributed by atoms with E-state index in [2.05, 4.69) is 0 Å². The summed E-state index contributed by atoms with van der Waals surface area (Å²) in [5.41, 5.74) is 0. The van der Waals surface area contributed by atoms with Crippen molar-refractivity contribution in [1.29, 1.82) is 0 Å². The molecule has 114 valence electrons. The third-order valence-corrected chi connectivity index (χ3v) is 4.15. The highest BCUT2D eigenvalue weighted by Gasteiger charge is 2.39. The molecule has 1 aliphatic carbocycles.